The average molecular weight is 240 g/mol. The lowest BCUT2D eigenvalue weighted by molar-refractivity contribution is -0.138. The van der Waals surface area contributed by atoms with Gasteiger partial charge in [0.05, 0.1) is 17.2 Å². The van der Waals surface area contributed by atoms with Crippen LogP contribution in [0.15, 0.2) is 17.0 Å². The van der Waals surface area contributed by atoms with Crippen molar-refractivity contribution < 1.29 is 19.8 Å². The summed E-state index contributed by atoms with van der Waals surface area (Å²) in [4.78, 5) is 26.7. The standard InChI is InChI=1S/C9H8N2O4S/c12-3-4-1-2-5-7(10-4)11-8(13)6(16-5)9(14)15/h1-2,6,12H,3H2,(H,14,15)(H,10,11,13). The van der Waals surface area contributed by atoms with Crippen LogP contribution in [-0.4, -0.2) is 32.3 Å². The Bertz CT molecular complexity index is 463. The van der Waals surface area contributed by atoms with Gasteiger partial charge in [0.2, 0.25) is 0 Å². The number of rotatable bonds is 2. The summed E-state index contributed by atoms with van der Waals surface area (Å²) < 4.78 is 0. The number of carboxylic acids is 1. The molecule has 7 heteroatoms. The van der Waals surface area contributed by atoms with Gasteiger partial charge in [0.15, 0.2) is 5.25 Å². The molecule has 6 nitrogen and oxygen atoms in total. The van der Waals surface area contributed by atoms with Crippen LogP contribution in [0.2, 0.25) is 0 Å². The van der Waals surface area contributed by atoms with Gasteiger partial charge in [-0.25, -0.2) is 4.98 Å². The fourth-order valence-corrected chi connectivity index (χ4v) is 2.16. The SMILES string of the molecule is O=C(O)C1Sc2ccc(CO)nc2NC1=O. The average Bonchev–Trinajstić information content (AvgIpc) is 2.27. The van der Waals surface area contributed by atoms with Crippen LogP contribution < -0.4 is 5.32 Å². The molecule has 1 atom stereocenters. The minimum absolute atomic E-state index is 0.226. The molecule has 1 unspecified atom stereocenters. The quantitative estimate of drug-likeness (QED) is 0.633. The Balaban J connectivity index is 2.35. The molecule has 0 radical (unpaired) electrons. The van der Waals surface area contributed by atoms with Crippen molar-refractivity contribution in [1.29, 1.82) is 0 Å². The molecule has 1 aromatic heterocycles. The Morgan fingerprint density at radius 3 is 2.94 bits per heavy atom. The van der Waals surface area contributed by atoms with Crippen LogP contribution in [0.25, 0.3) is 0 Å². The first-order valence-electron chi connectivity index (χ1n) is 4.43. The van der Waals surface area contributed by atoms with Gasteiger partial charge in [-0.15, -0.1) is 0 Å². The molecule has 84 valence electrons. The third-order valence-corrected chi connectivity index (χ3v) is 3.26. The van der Waals surface area contributed by atoms with Crippen molar-refractivity contribution in [2.75, 3.05) is 5.32 Å². The molecule has 0 saturated carbocycles. The first-order chi connectivity index (χ1) is 7.61. The molecule has 0 aliphatic carbocycles. The number of thioether (sulfide) groups is 1. The number of aliphatic carboxylic acids is 1. The van der Waals surface area contributed by atoms with Crippen molar-refractivity contribution in [2.45, 2.75) is 16.8 Å². The minimum atomic E-state index is -1.18. The Morgan fingerprint density at radius 2 is 2.31 bits per heavy atom. The molecule has 1 aliphatic heterocycles. The number of hydrogen-bond acceptors (Lipinski definition) is 5. The molecule has 2 rings (SSSR count). The third kappa shape index (κ3) is 1.86. The molecule has 2 heterocycles. The third-order valence-electron chi connectivity index (χ3n) is 2.03. The van der Waals surface area contributed by atoms with Crippen LogP contribution in [0, 0.1) is 0 Å². The number of carbonyl (C=O) groups is 2. The fraction of sp³-hybridized carbons (Fsp3) is 0.222. The zero-order valence-corrected chi connectivity index (χ0v) is 8.82. The van der Waals surface area contributed by atoms with Crippen LogP contribution in [0.4, 0.5) is 5.82 Å². The van der Waals surface area contributed by atoms with E-state index < -0.39 is 17.1 Å². The van der Waals surface area contributed by atoms with Gasteiger partial charge in [-0.1, -0.05) is 11.8 Å². The number of anilines is 1. The number of carbonyl (C=O) groups excluding carboxylic acids is 1. The van der Waals surface area contributed by atoms with Crippen molar-refractivity contribution in [1.82, 2.24) is 4.98 Å². The number of hydrogen-bond donors (Lipinski definition) is 3. The molecule has 0 spiro atoms. The molecule has 3 N–H and O–H groups in total. The zero-order valence-electron chi connectivity index (χ0n) is 8.01. The molecule has 16 heavy (non-hydrogen) atoms. The van der Waals surface area contributed by atoms with Gasteiger partial charge in [0.1, 0.15) is 5.82 Å². The summed E-state index contributed by atoms with van der Waals surface area (Å²) in [6.07, 6.45) is 0. The van der Waals surface area contributed by atoms with Gasteiger partial charge in [-0.3, -0.25) is 9.59 Å². The number of fused-ring (bicyclic) bond motifs is 1. The molecule has 1 aromatic rings. The van der Waals surface area contributed by atoms with Crippen LogP contribution in [0.1, 0.15) is 5.69 Å². The van der Waals surface area contributed by atoms with Crippen molar-refractivity contribution in [3.05, 3.63) is 17.8 Å². The summed E-state index contributed by atoms with van der Waals surface area (Å²) in [6, 6.07) is 3.22. The number of aromatic nitrogens is 1. The van der Waals surface area contributed by atoms with Crippen LogP contribution in [0.3, 0.4) is 0 Å². The number of nitrogens with one attached hydrogen (secondary N) is 1. The Labute approximate surface area is 94.7 Å². The van der Waals surface area contributed by atoms with E-state index in [0.717, 1.165) is 11.8 Å². The van der Waals surface area contributed by atoms with E-state index in [2.05, 4.69) is 10.3 Å². The molecule has 0 aromatic carbocycles. The Morgan fingerprint density at radius 1 is 1.56 bits per heavy atom. The van der Waals surface area contributed by atoms with Gasteiger partial charge >= 0.3 is 5.97 Å². The van der Waals surface area contributed by atoms with Crippen LogP contribution >= 0.6 is 11.8 Å². The highest BCUT2D eigenvalue weighted by atomic mass is 32.2. The van der Waals surface area contributed by atoms with E-state index in [1.165, 1.54) is 0 Å². The van der Waals surface area contributed by atoms with E-state index in [4.69, 9.17) is 10.2 Å². The molecule has 0 fully saturated rings. The predicted molar refractivity (Wildman–Crippen MR) is 56.1 cm³/mol. The van der Waals surface area contributed by atoms with Crippen molar-refractivity contribution >= 4 is 29.5 Å². The van der Waals surface area contributed by atoms with E-state index in [1.807, 2.05) is 0 Å². The molecular formula is C9H8N2O4S. The highest BCUT2D eigenvalue weighted by molar-refractivity contribution is 8.01. The second-order valence-corrected chi connectivity index (χ2v) is 4.28. The second kappa shape index (κ2) is 4.11. The zero-order chi connectivity index (χ0) is 11.7. The van der Waals surface area contributed by atoms with Gasteiger partial charge < -0.3 is 15.5 Å². The number of aliphatic hydroxyl groups excluding tert-OH is 1. The first-order valence-corrected chi connectivity index (χ1v) is 5.31. The van der Waals surface area contributed by atoms with E-state index in [9.17, 15) is 9.59 Å². The summed E-state index contributed by atoms with van der Waals surface area (Å²) in [6.45, 7) is -0.226. The van der Waals surface area contributed by atoms with E-state index in [0.29, 0.717) is 16.4 Å². The van der Waals surface area contributed by atoms with Crippen molar-refractivity contribution in [3.63, 3.8) is 0 Å². The lowest BCUT2D eigenvalue weighted by atomic mass is 10.3. The maximum Gasteiger partial charge on any atom is 0.326 e. The van der Waals surface area contributed by atoms with Crippen LogP contribution in [0.5, 0.6) is 0 Å². The summed E-state index contributed by atoms with van der Waals surface area (Å²) in [7, 11) is 0. The largest absolute Gasteiger partial charge is 0.480 e. The minimum Gasteiger partial charge on any atom is -0.480 e. The number of pyridine rings is 1. The smallest absolute Gasteiger partial charge is 0.326 e. The Kier molecular flexibility index (Phi) is 2.80. The van der Waals surface area contributed by atoms with Gasteiger partial charge in [-0.05, 0) is 12.1 Å². The lowest BCUT2D eigenvalue weighted by Crippen LogP contribution is -2.35. The summed E-state index contributed by atoms with van der Waals surface area (Å²) in [5, 5.41) is 18.9. The van der Waals surface area contributed by atoms with Gasteiger partial charge in [0.25, 0.3) is 5.91 Å². The predicted octanol–water partition coefficient (Wildman–Crippen LogP) is 0.0713. The van der Waals surface area contributed by atoms with Gasteiger partial charge in [-0.2, -0.15) is 0 Å². The van der Waals surface area contributed by atoms with Crippen LogP contribution in [-0.2, 0) is 16.2 Å². The maximum absolute atomic E-state index is 11.4. The first kappa shape index (κ1) is 10.9. The highest BCUT2D eigenvalue weighted by Gasteiger charge is 2.33. The monoisotopic (exact) mass is 240 g/mol. The topological polar surface area (TPSA) is 99.5 Å². The molecular weight excluding hydrogens is 232 g/mol. The van der Waals surface area contributed by atoms with E-state index in [1.54, 1.807) is 12.1 Å². The lowest BCUT2D eigenvalue weighted by Gasteiger charge is -2.20. The number of aliphatic hydroxyl groups is 1. The number of carboxylic acid groups (broad SMARTS) is 1. The second-order valence-electron chi connectivity index (χ2n) is 3.13. The molecule has 0 bridgehead atoms. The molecule has 0 saturated heterocycles. The molecule has 1 amide bonds. The van der Waals surface area contributed by atoms with E-state index >= 15 is 0 Å². The van der Waals surface area contributed by atoms with Gasteiger partial charge in [0, 0.05) is 0 Å². The van der Waals surface area contributed by atoms with E-state index in [-0.39, 0.29) is 6.61 Å². The number of amides is 1. The normalized spacial score (nSPS) is 18.8. The van der Waals surface area contributed by atoms with Crippen molar-refractivity contribution in [2.24, 2.45) is 0 Å². The van der Waals surface area contributed by atoms with Crippen molar-refractivity contribution in [3.8, 4) is 0 Å². The summed E-state index contributed by atoms with van der Waals surface area (Å²) >= 11 is 0.937. The molecule has 1 aliphatic rings. The maximum atomic E-state index is 11.4. The summed E-state index contributed by atoms with van der Waals surface area (Å²) in [5.41, 5.74) is 0.424. The Hall–Kier alpha value is -1.60. The fourth-order valence-electron chi connectivity index (χ4n) is 1.28. The number of nitrogens with zero attached hydrogens (tertiary/aromatic N) is 1. The highest BCUT2D eigenvalue weighted by Crippen LogP contribution is 2.34. The summed E-state index contributed by atoms with van der Waals surface area (Å²) in [5.74, 6) is -1.48.